The number of fused-ring (bicyclic) bond motifs is 1. The van der Waals surface area contributed by atoms with Crippen LogP contribution in [-0.2, 0) is 30.2 Å². The molecule has 3 heterocycles. The number of Topliss-reactive ketones (excluding diaryl/α,β-unsaturated/α-hetero) is 1. The van der Waals surface area contributed by atoms with Crippen molar-refractivity contribution in [2.75, 3.05) is 45.2 Å². The summed E-state index contributed by atoms with van der Waals surface area (Å²) in [6, 6.07) is 10.2. The van der Waals surface area contributed by atoms with Gasteiger partial charge in [-0.05, 0) is 82.1 Å². The van der Waals surface area contributed by atoms with E-state index in [4.69, 9.17) is 25.8 Å². The largest absolute Gasteiger partial charge is 0.466 e. The highest BCUT2D eigenvalue weighted by Crippen LogP contribution is 2.38. The number of benzene rings is 2. The van der Waals surface area contributed by atoms with Crippen molar-refractivity contribution in [2.45, 2.75) is 82.8 Å². The van der Waals surface area contributed by atoms with E-state index in [9.17, 15) is 14.4 Å². The van der Waals surface area contributed by atoms with E-state index in [1.54, 1.807) is 12.5 Å². The van der Waals surface area contributed by atoms with Gasteiger partial charge in [0.05, 0.1) is 41.0 Å². The molecule has 1 atom stereocenters. The summed E-state index contributed by atoms with van der Waals surface area (Å²) in [5.74, 6) is -3.03. The number of halogens is 2. The molecule has 0 spiro atoms. The van der Waals surface area contributed by atoms with Gasteiger partial charge in [-0.25, -0.2) is 4.39 Å². The highest BCUT2D eigenvalue weighted by molar-refractivity contribution is 7.17. The first-order valence-electron chi connectivity index (χ1n) is 17.4. The van der Waals surface area contributed by atoms with Crippen molar-refractivity contribution in [2.24, 2.45) is 5.92 Å². The Hall–Kier alpha value is -2.93. The lowest BCUT2D eigenvalue weighted by molar-refractivity contribution is -0.261. The summed E-state index contributed by atoms with van der Waals surface area (Å²) in [5.41, 5.74) is 0.758. The molecule has 264 valence electrons. The number of nitrogens with zero attached hydrogens (tertiary/aromatic N) is 2. The summed E-state index contributed by atoms with van der Waals surface area (Å²) in [7, 11) is 1.71. The van der Waals surface area contributed by atoms with Gasteiger partial charge in [0.2, 0.25) is 5.85 Å². The van der Waals surface area contributed by atoms with Crippen LogP contribution >= 0.6 is 22.9 Å². The van der Waals surface area contributed by atoms with Gasteiger partial charge in [-0.15, -0.1) is 11.3 Å². The van der Waals surface area contributed by atoms with E-state index in [1.165, 1.54) is 23.5 Å². The van der Waals surface area contributed by atoms with Crippen LogP contribution in [0.3, 0.4) is 0 Å². The molecule has 2 saturated heterocycles. The predicted molar refractivity (Wildman–Crippen MR) is 189 cm³/mol. The van der Waals surface area contributed by atoms with Crippen LogP contribution in [0.1, 0.15) is 74.2 Å². The smallest absolute Gasteiger partial charge is 0.308 e. The number of ketones is 1. The number of amides is 1. The standard InChI is InChI=1S/C37H45ClFN3O6S/c1-3-47-36(45)24-10-12-27(13-11-24)48-37(41-16-6-7-17-41,42-18-14-26(46-2)15-19-42)34(43)21-25-20-30(38)32(22-31(25)39)40-35(44)29-23-49-33-9-5-4-8-28(29)33/h4-5,8-9,20,22-24,26-27H,3,6-7,10-19,21H2,1-2H3,(H,40,44)/t24-,27-,37?. The molecule has 1 amide bonds. The number of carbonyl (C=O) groups excluding carboxylic acids is 3. The molecule has 3 aliphatic rings. The van der Waals surface area contributed by atoms with Crippen molar-refractivity contribution in [3.63, 3.8) is 0 Å². The third-order valence-corrected chi connectivity index (χ3v) is 11.5. The highest BCUT2D eigenvalue weighted by Gasteiger charge is 2.53. The molecule has 0 bridgehead atoms. The SMILES string of the molecule is CCOC(=O)[C@H]1CC[C@H](OC(C(=O)Cc2cc(Cl)c(NC(=O)c3csc4ccccc34)cc2F)(N2CCCC2)N2CCC(OC)CC2)CC1. The van der Waals surface area contributed by atoms with Gasteiger partial charge in [0.1, 0.15) is 5.82 Å². The number of hydrogen-bond donors (Lipinski definition) is 1. The predicted octanol–water partition coefficient (Wildman–Crippen LogP) is 7.06. The fourth-order valence-electron chi connectivity index (χ4n) is 7.54. The van der Waals surface area contributed by atoms with Crippen molar-refractivity contribution in [1.29, 1.82) is 0 Å². The van der Waals surface area contributed by atoms with E-state index in [0.717, 1.165) is 35.8 Å². The average molecular weight is 714 g/mol. The molecule has 12 heteroatoms. The van der Waals surface area contributed by atoms with Crippen LogP contribution < -0.4 is 5.32 Å². The molecule has 9 nitrogen and oxygen atoms in total. The van der Waals surface area contributed by atoms with E-state index >= 15 is 4.39 Å². The monoisotopic (exact) mass is 713 g/mol. The van der Waals surface area contributed by atoms with Crippen molar-refractivity contribution in [3.05, 3.63) is 63.7 Å². The highest BCUT2D eigenvalue weighted by atomic mass is 35.5. The molecule has 2 aromatic carbocycles. The zero-order chi connectivity index (χ0) is 34.5. The van der Waals surface area contributed by atoms with Gasteiger partial charge in [-0.3, -0.25) is 24.2 Å². The number of hydrogen-bond acceptors (Lipinski definition) is 9. The van der Waals surface area contributed by atoms with Gasteiger partial charge in [-0.1, -0.05) is 29.8 Å². The third kappa shape index (κ3) is 7.72. The van der Waals surface area contributed by atoms with Crippen molar-refractivity contribution in [3.8, 4) is 0 Å². The average Bonchev–Trinajstić information content (AvgIpc) is 3.81. The minimum absolute atomic E-state index is 0.0914. The second kappa shape index (κ2) is 16.0. The quantitative estimate of drug-likeness (QED) is 0.200. The Morgan fingerprint density at radius 2 is 1.67 bits per heavy atom. The van der Waals surface area contributed by atoms with Crippen LogP contribution in [0.25, 0.3) is 10.1 Å². The van der Waals surface area contributed by atoms with Crippen LogP contribution in [0.2, 0.25) is 5.02 Å². The lowest BCUT2D eigenvalue weighted by atomic mass is 9.87. The molecule has 0 radical (unpaired) electrons. The zero-order valence-electron chi connectivity index (χ0n) is 28.2. The summed E-state index contributed by atoms with van der Waals surface area (Å²) in [6.07, 6.45) is 5.42. The second-order valence-corrected chi connectivity index (χ2v) is 14.5. The Bertz CT molecular complexity index is 1650. The fraction of sp³-hybridized carbons (Fsp3) is 0.541. The zero-order valence-corrected chi connectivity index (χ0v) is 29.8. The molecule has 3 fully saturated rings. The number of esters is 1. The number of ether oxygens (including phenoxy) is 3. The van der Waals surface area contributed by atoms with E-state index in [1.807, 2.05) is 31.2 Å². The molecule has 1 N–H and O–H groups in total. The van der Waals surface area contributed by atoms with Crippen LogP contribution in [0, 0.1) is 11.7 Å². The Labute approximate surface area is 296 Å². The molecule has 1 saturated carbocycles. The summed E-state index contributed by atoms with van der Waals surface area (Å²) >= 11 is 8.11. The molecule has 1 aromatic heterocycles. The number of thiophene rings is 1. The molecule has 49 heavy (non-hydrogen) atoms. The lowest BCUT2D eigenvalue weighted by Crippen LogP contribution is -2.69. The molecule has 1 aliphatic carbocycles. The summed E-state index contributed by atoms with van der Waals surface area (Å²) in [4.78, 5) is 44.7. The summed E-state index contributed by atoms with van der Waals surface area (Å²) in [5, 5.41) is 5.49. The number of methoxy groups -OCH3 is 1. The van der Waals surface area contributed by atoms with Gasteiger partial charge in [0.25, 0.3) is 5.91 Å². The van der Waals surface area contributed by atoms with Gasteiger partial charge < -0.3 is 19.5 Å². The number of anilines is 1. The van der Waals surface area contributed by atoms with Gasteiger partial charge in [0.15, 0.2) is 5.78 Å². The summed E-state index contributed by atoms with van der Waals surface area (Å²) in [6.45, 7) is 4.69. The first kappa shape index (κ1) is 35.9. The van der Waals surface area contributed by atoms with Gasteiger partial charge >= 0.3 is 5.97 Å². The van der Waals surface area contributed by atoms with Crippen LogP contribution in [-0.4, -0.2) is 85.4 Å². The van der Waals surface area contributed by atoms with Crippen molar-refractivity contribution in [1.82, 2.24) is 9.80 Å². The normalized spacial score (nSPS) is 22.2. The topological polar surface area (TPSA) is 97.4 Å². The fourth-order valence-corrected chi connectivity index (χ4v) is 8.72. The maximum absolute atomic E-state index is 15.9. The maximum Gasteiger partial charge on any atom is 0.308 e. The van der Waals surface area contributed by atoms with E-state index in [-0.39, 0.29) is 58.5 Å². The van der Waals surface area contributed by atoms with Crippen LogP contribution in [0.5, 0.6) is 0 Å². The van der Waals surface area contributed by atoms with Crippen LogP contribution in [0.4, 0.5) is 10.1 Å². The Balaban J connectivity index is 1.25. The number of carbonyl (C=O) groups is 3. The Morgan fingerprint density at radius 1 is 0.980 bits per heavy atom. The minimum atomic E-state index is -1.40. The minimum Gasteiger partial charge on any atom is -0.466 e. The number of likely N-dealkylation sites (tertiary alicyclic amines) is 2. The van der Waals surface area contributed by atoms with Crippen molar-refractivity contribution < 1.29 is 33.0 Å². The Morgan fingerprint density at radius 3 is 2.37 bits per heavy atom. The van der Waals surface area contributed by atoms with Gasteiger partial charge in [-0.2, -0.15) is 0 Å². The second-order valence-electron chi connectivity index (χ2n) is 13.2. The molecule has 3 aromatic rings. The molecular weight excluding hydrogens is 669 g/mol. The lowest BCUT2D eigenvalue weighted by Gasteiger charge is -2.51. The third-order valence-electron chi connectivity index (χ3n) is 10.2. The first-order valence-corrected chi connectivity index (χ1v) is 18.6. The maximum atomic E-state index is 15.9. The molecule has 1 unspecified atom stereocenters. The van der Waals surface area contributed by atoms with Crippen molar-refractivity contribution >= 4 is 56.4 Å². The molecular formula is C37H45ClFN3O6S. The van der Waals surface area contributed by atoms with Crippen LogP contribution in [0.15, 0.2) is 41.8 Å². The number of rotatable bonds is 12. The number of nitrogens with one attached hydrogen (secondary N) is 1. The molecule has 2 aliphatic heterocycles. The van der Waals surface area contributed by atoms with E-state index in [2.05, 4.69) is 15.1 Å². The number of piperidine rings is 1. The summed E-state index contributed by atoms with van der Waals surface area (Å²) < 4.78 is 34.8. The molecule has 6 rings (SSSR count). The Kier molecular flexibility index (Phi) is 11.7. The van der Waals surface area contributed by atoms with E-state index < -0.39 is 11.7 Å². The van der Waals surface area contributed by atoms with Gasteiger partial charge in [0, 0.05) is 55.2 Å². The van der Waals surface area contributed by atoms with E-state index in [0.29, 0.717) is 64.0 Å². The first-order chi connectivity index (χ1) is 23.7.